The Kier molecular flexibility index (Phi) is 3.57. The molecule has 2 atom stereocenters. The van der Waals surface area contributed by atoms with Crippen LogP contribution in [0.1, 0.15) is 37.8 Å². The molecular formula is C13H20ClN3. The molecule has 0 aromatic carbocycles. The van der Waals surface area contributed by atoms with Gasteiger partial charge in [-0.05, 0) is 50.7 Å². The van der Waals surface area contributed by atoms with E-state index in [1.54, 1.807) is 0 Å². The highest BCUT2D eigenvalue weighted by molar-refractivity contribution is 6.30. The Morgan fingerprint density at radius 1 is 1.18 bits per heavy atom. The van der Waals surface area contributed by atoms with Crippen LogP contribution in [-0.4, -0.2) is 22.8 Å². The predicted octanol–water partition coefficient (Wildman–Crippen LogP) is 3.37. The first kappa shape index (κ1) is 12.6. The molecule has 0 N–H and O–H groups in total. The fourth-order valence-corrected chi connectivity index (χ4v) is 2.74. The molecule has 1 aliphatic rings. The van der Waals surface area contributed by atoms with Crippen molar-refractivity contribution in [2.24, 2.45) is 5.92 Å². The molecule has 3 nitrogen and oxygen atoms in total. The number of aromatic nitrogens is 2. The van der Waals surface area contributed by atoms with Crippen LogP contribution in [-0.2, 0) is 0 Å². The van der Waals surface area contributed by atoms with E-state index in [9.17, 15) is 0 Å². The van der Waals surface area contributed by atoms with E-state index in [0.717, 1.165) is 29.4 Å². The molecule has 0 spiro atoms. The van der Waals surface area contributed by atoms with Crippen LogP contribution in [0.5, 0.6) is 0 Å². The van der Waals surface area contributed by atoms with Crippen molar-refractivity contribution in [3.05, 3.63) is 16.3 Å². The van der Waals surface area contributed by atoms with Crippen LogP contribution in [0.25, 0.3) is 0 Å². The average Bonchev–Trinajstić information content (AvgIpc) is 2.28. The van der Waals surface area contributed by atoms with E-state index in [-0.39, 0.29) is 0 Å². The number of halogens is 1. The summed E-state index contributed by atoms with van der Waals surface area (Å²) in [7, 11) is 0. The summed E-state index contributed by atoms with van der Waals surface area (Å²) in [5.74, 6) is 1.81. The van der Waals surface area contributed by atoms with Crippen LogP contribution in [0, 0.1) is 19.8 Å². The lowest BCUT2D eigenvalue weighted by atomic mass is 9.93. The van der Waals surface area contributed by atoms with Gasteiger partial charge in [-0.3, -0.25) is 0 Å². The van der Waals surface area contributed by atoms with Gasteiger partial charge in [0, 0.05) is 12.6 Å². The van der Waals surface area contributed by atoms with Crippen molar-refractivity contribution in [2.45, 2.75) is 46.6 Å². The molecule has 0 radical (unpaired) electrons. The normalized spacial score (nSPS) is 25.1. The molecule has 2 unspecified atom stereocenters. The van der Waals surface area contributed by atoms with Crippen LogP contribution in [0.4, 0.5) is 5.82 Å². The average molecular weight is 254 g/mol. The minimum atomic E-state index is 0.518. The predicted molar refractivity (Wildman–Crippen MR) is 71.7 cm³/mol. The van der Waals surface area contributed by atoms with Gasteiger partial charge in [0.25, 0.3) is 0 Å². The first-order valence-electron chi connectivity index (χ1n) is 6.26. The second-order valence-corrected chi connectivity index (χ2v) is 5.59. The number of hydrogen-bond donors (Lipinski definition) is 0. The van der Waals surface area contributed by atoms with E-state index >= 15 is 0 Å². The molecule has 0 amide bonds. The zero-order chi connectivity index (χ0) is 12.6. The largest absolute Gasteiger partial charge is 0.352 e. The maximum absolute atomic E-state index is 5.99. The van der Waals surface area contributed by atoms with Gasteiger partial charge in [-0.1, -0.05) is 18.5 Å². The topological polar surface area (TPSA) is 29.0 Å². The number of anilines is 1. The van der Waals surface area contributed by atoms with Crippen molar-refractivity contribution in [3.63, 3.8) is 0 Å². The van der Waals surface area contributed by atoms with Crippen molar-refractivity contribution in [3.8, 4) is 0 Å². The van der Waals surface area contributed by atoms with Gasteiger partial charge in [0.15, 0.2) is 11.0 Å². The Morgan fingerprint density at radius 2 is 1.88 bits per heavy atom. The highest BCUT2D eigenvalue weighted by Gasteiger charge is 2.26. The monoisotopic (exact) mass is 253 g/mol. The zero-order valence-electron chi connectivity index (χ0n) is 11.0. The third-order valence-electron chi connectivity index (χ3n) is 3.85. The second kappa shape index (κ2) is 4.81. The Labute approximate surface area is 108 Å². The van der Waals surface area contributed by atoms with Gasteiger partial charge in [0.05, 0.1) is 0 Å². The Balaban J connectivity index is 2.31. The fraction of sp³-hybridized carbons (Fsp3) is 0.692. The van der Waals surface area contributed by atoms with Crippen LogP contribution in [0.3, 0.4) is 0 Å². The SMILES string of the molecule is Cc1c(Cl)nnc(N2CCC(C)CC2C)c1C. The van der Waals surface area contributed by atoms with E-state index in [1.807, 2.05) is 6.92 Å². The molecule has 2 heterocycles. The number of piperidine rings is 1. The number of hydrogen-bond acceptors (Lipinski definition) is 3. The first-order chi connectivity index (χ1) is 8.00. The summed E-state index contributed by atoms with van der Waals surface area (Å²) in [6, 6.07) is 0.535. The minimum absolute atomic E-state index is 0.518. The van der Waals surface area contributed by atoms with Crippen LogP contribution in [0.2, 0.25) is 5.15 Å². The van der Waals surface area contributed by atoms with Crippen molar-refractivity contribution >= 4 is 17.4 Å². The molecule has 0 bridgehead atoms. The van der Waals surface area contributed by atoms with E-state index < -0.39 is 0 Å². The van der Waals surface area contributed by atoms with E-state index in [0.29, 0.717) is 11.2 Å². The zero-order valence-corrected chi connectivity index (χ0v) is 11.8. The van der Waals surface area contributed by atoms with Gasteiger partial charge in [0.1, 0.15) is 0 Å². The summed E-state index contributed by atoms with van der Waals surface area (Å²) in [5.41, 5.74) is 2.20. The summed E-state index contributed by atoms with van der Waals surface area (Å²) < 4.78 is 0. The molecule has 2 rings (SSSR count). The van der Waals surface area contributed by atoms with Crippen molar-refractivity contribution in [1.29, 1.82) is 0 Å². The number of rotatable bonds is 1. The molecule has 1 fully saturated rings. The first-order valence-corrected chi connectivity index (χ1v) is 6.64. The highest BCUT2D eigenvalue weighted by Crippen LogP contribution is 2.30. The molecule has 0 saturated carbocycles. The summed E-state index contributed by atoms with van der Waals surface area (Å²) in [6.07, 6.45) is 2.45. The summed E-state index contributed by atoms with van der Waals surface area (Å²) in [4.78, 5) is 2.37. The van der Waals surface area contributed by atoms with Crippen LogP contribution in [0.15, 0.2) is 0 Å². The molecule has 94 valence electrons. The molecule has 4 heteroatoms. The van der Waals surface area contributed by atoms with Gasteiger partial charge < -0.3 is 4.90 Å². The molecular weight excluding hydrogens is 234 g/mol. The Bertz CT molecular complexity index is 419. The van der Waals surface area contributed by atoms with Crippen molar-refractivity contribution in [1.82, 2.24) is 10.2 Å². The summed E-state index contributed by atoms with van der Waals surface area (Å²) >= 11 is 5.99. The molecule has 1 aromatic rings. The van der Waals surface area contributed by atoms with Gasteiger partial charge in [-0.2, -0.15) is 0 Å². The van der Waals surface area contributed by atoms with E-state index in [4.69, 9.17) is 11.6 Å². The lowest BCUT2D eigenvalue weighted by molar-refractivity contribution is 0.375. The van der Waals surface area contributed by atoms with Gasteiger partial charge in [-0.25, -0.2) is 0 Å². The van der Waals surface area contributed by atoms with Gasteiger partial charge >= 0.3 is 0 Å². The third kappa shape index (κ3) is 2.39. The highest BCUT2D eigenvalue weighted by atomic mass is 35.5. The Hall–Kier alpha value is -0.830. The lowest BCUT2D eigenvalue weighted by Gasteiger charge is -2.38. The van der Waals surface area contributed by atoms with Gasteiger partial charge in [0.2, 0.25) is 0 Å². The summed E-state index contributed by atoms with van der Waals surface area (Å²) in [5, 5.41) is 8.84. The van der Waals surface area contributed by atoms with E-state index in [1.165, 1.54) is 12.8 Å². The number of nitrogens with zero attached hydrogens (tertiary/aromatic N) is 3. The molecule has 0 aliphatic carbocycles. The molecule has 1 aliphatic heterocycles. The molecule has 1 saturated heterocycles. The van der Waals surface area contributed by atoms with Crippen LogP contribution < -0.4 is 4.90 Å². The van der Waals surface area contributed by atoms with Gasteiger partial charge in [-0.15, -0.1) is 10.2 Å². The Morgan fingerprint density at radius 3 is 2.53 bits per heavy atom. The van der Waals surface area contributed by atoms with Crippen molar-refractivity contribution in [2.75, 3.05) is 11.4 Å². The standard InChI is InChI=1S/C13H20ClN3/c1-8-5-6-17(9(2)7-8)13-11(4)10(3)12(14)15-16-13/h8-9H,5-7H2,1-4H3. The van der Waals surface area contributed by atoms with E-state index in [2.05, 4.69) is 35.9 Å². The second-order valence-electron chi connectivity index (χ2n) is 5.24. The minimum Gasteiger partial charge on any atom is -0.352 e. The molecule has 17 heavy (non-hydrogen) atoms. The lowest BCUT2D eigenvalue weighted by Crippen LogP contribution is -2.41. The quantitative estimate of drug-likeness (QED) is 0.768. The maximum Gasteiger partial charge on any atom is 0.155 e. The fourth-order valence-electron chi connectivity index (χ4n) is 2.56. The molecule has 1 aromatic heterocycles. The van der Waals surface area contributed by atoms with Crippen LogP contribution >= 0.6 is 11.6 Å². The van der Waals surface area contributed by atoms with Crippen molar-refractivity contribution < 1.29 is 0 Å². The summed E-state index contributed by atoms with van der Waals surface area (Å²) in [6.45, 7) is 9.74. The maximum atomic E-state index is 5.99. The third-order valence-corrected chi connectivity index (χ3v) is 4.21. The smallest absolute Gasteiger partial charge is 0.155 e.